The summed E-state index contributed by atoms with van der Waals surface area (Å²) in [6.07, 6.45) is 4.15. The fourth-order valence-electron chi connectivity index (χ4n) is 2.23. The van der Waals surface area contributed by atoms with E-state index in [1.807, 2.05) is 0 Å². The predicted octanol–water partition coefficient (Wildman–Crippen LogP) is 1.96. The first-order valence-corrected chi connectivity index (χ1v) is 6.51. The van der Waals surface area contributed by atoms with Gasteiger partial charge in [-0.05, 0) is 31.0 Å². The molecule has 20 heavy (non-hydrogen) atoms. The number of hydrogen-bond acceptors (Lipinski definition) is 3. The molecule has 0 atom stereocenters. The van der Waals surface area contributed by atoms with Crippen molar-refractivity contribution in [2.45, 2.75) is 31.7 Å². The number of nitrogens with one attached hydrogen (secondary N) is 1. The van der Waals surface area contributed by atoms with E-state index in [1.165, 1.54) is 12.1 Å². The molecule has 6 heteroatoms. The first kappa shape index (κ1) is 14.3. The van der Waals surface area contributed by atoms with Gasteiger partial charge in [0, 0.05) is 6.04 Å². The summed E-state index contributed by atoms with van der Waals surface area (Å²) >= 11 is 0. The molecule has 0 aliphatic heterocycles. The number of carboxylic acid groups (broad SMARTS) is 1. The highest BCUT2D eigenvalue weighted by Gasteiger charge is 2.17. The molecular formula is C14H16FNO4. The number of carboxylic acids is 1. The van der Waals surface area contributed by atoms with E-state index in [-0.39, 0.29) is 29.9 Å². The van der Waals surface area contributed by atoms with Crippen LogP contribution in [0.4, 0.5) is 4.39 Å². The largest absolute Gasteiger partial charge is 0.481 e. The molecule has 0 aromatic heterocycles. The number of hydrogen-bond donors (Lipinski definition) is 2. The Labute approximate surface area is 115 Å². The number of ether oxygens (including phenoxy) is 1. The van der Waals surface area contributed by atoms with Gasteiger partial charge in [0.15, 0.2) is 18.2 Å². The molecule has 1 aromatic carbocycles. The minimum Gasteiger partial charge on any atom is -0.481 e. The Bertz CT molecular complexity index is 512. The van der Waals surface area contributed by atoms with Crippen LogP contribution in [0.5, 0.6) is 5.75 Å². The van der Waals surface area contributed by atoms with Crippen molar-refractivity contribution < 1.29 is 23.8 Å². The SMILES string of the molecule is O=C(COc1ccc(C(=O)O)cc1F)NC1CCCC1. The fourth-order valence-corrected chi connectivity index (χ4v) is 2.23. The molecule has 2 rings (SSSR count). The van der Waals surface area contributed by atoms with Gasteiger partial charge < -0.3 is 15.2 Å². The lowest BCUT2D eigenvalue weighted by molar-refractivity contribution is -0.123. The van der Waals surface area contributed by atoms with Crippen molar-refractivity contribution in [2.24, 2.45) is 0 Å². The average Bonchev–Trinajstić information content (AvgIpc) is 2.90. The molecule has 0 saturated heterocycles. The minimum atomic E-state index is -1.21. The van der Waals surface area contributed by atoms with Crippen molar-refractivity contribution in [2.75, 3.05) is 6.61 Å². The second-order valence-corrected chi connectivity index (χ2v) is 4.79. The van der Waals surface area contributed by atoms with Crippen LogP contribution in [0.3, 0.4) is 0 Å². The molecule has 0 heterocycles. The van der Waals surface area contributed by atoms with Crippen LogP contribution >= 0.6 is 0 Å². The maximum absolute atomic E-state index is 13.5. The number of carbonyl (C=O) groups excluding carboxylic acids is 1. The van der Waals surface area contributed by atoms with Gasteiger partial charge >= 0.3 is 5.97 Å². The smallest absolute Gasteiger partial charge is 0.335 e. The molecule has 5 nitrogen and oxygen atoms in total. The summed E-state index contributed by atoms with van der Waals surface area (Å²) in [7, 11) is 0. The van der Waals surface area contributed by atoms with Gasteiger partial charge in [-0.1, -0.05) is 12.8 Å². The van der Waals surface area contributed by atoms with Crippen LogP contribution < -0.4 is 10.1 Å². The van der Waals surface area contributed by atoms with Gasteiger partial charge in [0.2, 0.25) is 0 Å². The molecule has 1 amide bonds. The summed E-state index contributed by atoms with van der Waals surface area (Å²) in [5.41, 5.74) is -0.162. The zero-order chi connectivity index (χ0) is 14.5. The van der Waals surface area contributed by atoms with Gasteiger partial charge in [0.1, 0.15) is 0 Å². The molecule has 2 N–H and O–H groups in total. The Morgan fingerprint density at radius 2 is 2.05 bits per heavy atom. The van der Waals surface area contributed by atoms with E-state index < -0.39 is 11.8 Å². The first-order chi connectivity index (χ1) is 9.56. The normalized spacial score (nSPS) is 15.1. The van der Waals surface area contributed by atoms with Crippen molar-refractivity contribution in [1.82, 2.24) is 5.32 Å². The highest BCUT2D eigenvalue weighted by atomic mass is 19.1. The van der Waals surface area contributed by atoms with E-state index in [9.17, 15) is 14.0 Å². The molecule has 0 bridgehead atoms. The summed E-state index contributed by atoms with van der Waals surface area (Å²) in [5, 5.41) is 11.5. The van der Waals surface area contributed by atoms with E-state index in [4.69, 9.17) is 9.84 Å². The average molecular weight is 281 g/mol. The van der Waals surface area contributed by atoms with Gasteiger partial charge in [0.05, 0.1) is 5.56 Å². The molecule has 0 radical (unpaired) electrons. The van der Waals surface area contributed by atoms with Crippen molar-refractivity contribution in [1.29, 1.82) is 0 Å². The number of amides is 1. The fraction of sp³-hybridized carbons (Fsp3) is 0.429. The molecular weight excluding hydrogens is 265 g/mol. The summed E-state index contributed by atoms with van der Waals surface area (Å²) in [5.74, 6) is -2.43. The van der Waals surface area contributed by atoms with Crippen LogP contribution in [-0.4, -0.2) is 29.6 Å². The van der Waals surface area contributed by atoms with Gasteiger partial charge in [-0.15, -0.1) is 0 Å². The second-order valence-electron chi connectivity index (χ2n) is 4.79. The maximum Gasteiger partial charge on any atom is 0.335 e. The number of carbonyl (C=O) groups is 2. The van der Waals surface area contributed by atoms with Crippen LogP contribution in [0, 0.1) is 5.82 Å². The topological polar surface area (TPSA) is 75.6 Å². The Morgan fingerprint density at radius 3 is 2.65 bits per heavy atom. The van der Waals surface area contributed by atoms with Crippen molar-refractivity contribution in [3.8, 4) is 5.75 Å². The highest BCUT2D eigenvalue weighted by Crippen LogP contribution is 2.19. The second kappa shape index (κ2) is 6.36. The number of rotatable bonds is 5. The number of aromatic carboxylic acids is 1. The van der Waals surface area contributed by atoms with Crippen LogP contribution in [0.15, 0.2) is 18.2 Å². The lowest BCUT2D eigenvalue weighted by Gasteiger charge is -2.12. The summed E-state index contributed by atoms with van der Waals surface area (Å²) in [6, 6.07) is 3.49. The molecule has 108 valence electrons. The van der Waals surface area contributed by atoms with E-state index >= 15 is 0 Å². The Hall–Kier alpha value is -2.11. The molecule has 1 aliphatic carbocycles. The minimum absolute atomic E-state index is 0.128. The predicted molar refractivity (Wildman–Crippen MR) is 69.3 cm³/mol. The molecule has 1 aromatic rings. The van der Waals surface area contributed by atoms with Crippen molar-refractivity contribution in [3.05, 3.63) is 29.6 Å². The summed E-state index contributed by atoms with van der Waals surface area (Å²) in [4.78, 5) is 22.3. The monoisotopic (exact) mass is 281 g/mol. The molecule has 1 aliphatic rings. The third-order valence-corrected chi connectivity index (χ3v) is 3.26. The third kappa shape index (κ3) is 3.69. The zero-order valence-corrected chi connectivity index (χ0v) is 10.9. The van der Waals surface area contributed by atoms with Crippen molar-refractivity contribution in [3.63, 3.8) is 0 Å². The Kier molecular flexibility index (Phi) is 4.55. The van der Waals surface area contributed by atoms with Crippen LogP contribution in [0.1, 0.15) is 36.0 Å². The summed E-state index contributed by atoms with van der Waals surface area (Å²) < 4.78 is 18.6. The quantitative estimate of drug-likeness (QED) is 0.865. The van der Waals surface area contributed by atoms with Crippen LogP contribution in [0.2, 0.25) is 0 Å². The van der Waals surface area contributed by atoms with E-state index in [0.717, 1.165) is 31.7 Å². The van der Waals surface area contributed by atoms with Crippen LogP contribution in [-0.2, 0) is 4.79 Å². The highest BCUT2D eigenvalue weighted by molar-refractivity contribution is 5.87. The zero-order valence-electron chi connectivity index (χ0n) is 10.9. The van der Waals surface area contributed by atoms with Crippen LogP contribution in [0.25, 0.3) is 0 Å². The third-order valence-electron chi connectivity index (χ3n) is 3.26. The molecule has 0 unspecified atom stereocenters. The number of halogens is 1. The number of benzene rings is 1. The van der Waals surface area contributed by atoms with Gasteiger partial charge in [0.25, 0.3) is 5.91 Å². The molecule has 1 saturated carbocycles. The lowest BCUT2D eigenvalue weighted by Crippen LogP contribution is -2.36. The lowest BCUT2D eigenvalue weighted by atomic mass is 10.2. The first-order valence-electron chi connectivity index (χ1n) is 6.51. The van der Waals surface area contributed by atoms with Gasteiger partial charge in [-0.2, -0.15) is 0 Å². The van der Waals surface area contributed by atoms with Crippen molar-refractivity contribution >= 4 is 11.9 Å². The van der Waals surface area contributed by atoms with E-state index in [0.29, 0.717) is 0 Å². The standard InChI is InChI=1S/C14H16FNO4/c15-11-7-9(14(18)19)5-6-12(11)20-8-13(17)16-10-3-1-2-4-10/h5-7,10H,1-4,8H2,(H,16,17)(H,18,19). The Balaban J connectivity index is 1.86. The summed E-state index contributed by atoms with van der Waals surface area (Å²) in [6.45, 7) is -0.278. The van der Waals surface area contributed by atoms with Gasteiger partial charge in [-0.3, -0.25) is 4.79 Å². The van der Waals surface area contributed by atoms with E-state index in [1.54, 1.807) is 0 Å². The van der Waals surface area contributed by atoms with E-state index in [2.05, 4.69) is 5.32 Å². The molecule has 0 spiro atoms. The maximum atomic E-state index is 13.5. The Morgan fingerprint density at radius 1 is 1.35 bits per heavy atom. The van der Waals surface area contributed by atoms with Gasteiger partial charge in [-0.25, -0.2) is 9.18 Å². The molecule has 1 fully saturated rings.